The molecule has 0 aliphatic carbocycles. The number of carbonyl (C=O) groups is 1. The van der Waals surface area contributed by atoms with Gasteiger partial charge in [0, 0.05) is 45.4 Å². The van der Waals surface area contributed by atoms with Gasteiger partial charge in [0.05, 0.1) is 4.90 Å². The first kappa shape index (κ1) is 17.9. The third-order valence-corrected chi connectivity index (χ3v) is 5.01. The third kappa shape index (κ3) is 4.09. The summed E-state index contributed by atoms with van der Waals surface area (Å²) in [6.45, 7) is 1.73. The summed E-state index contributed by atoms with van der Waals surface area (Å²) in [7, 11) is -0.848. The maximum atomic E-state index is 12.1. The molecule has 24 heavy (non-hydrogen) atoms. The van der Waals surface area contributed by atoms with Crippen LogP contribution >= 0.6 is 0 Å². The Morgan fingerprint density at radius 1 is 1.38 bits per heavy atom. The van der Waals surface area contributed by atoms with Crippen molar-refractivity contribution in [1.82, 2.24) is 14.0 Å². The van der Waals surface area contributed by atoms with Gasteiger partial charge in [0.15, 0.2) is 5.82 Å². The van der Waals surface area contributed by atoms with Gasteiger partial charge in [-0.3, -0.25) is 9.59 Å². The Kier molecular flexibility index (Phi) is 5.20. The average molecular weight is 354 g/mol. The summed E-state index contributed by atoms with van der Waals surface area (Å²) < 4.78 is 31.2. The number of pyridine rings is 1. The summed E-state index contributed by atoms with van der Waals surface area (Å²) in [6, 6.07) is 3.97. The van der Waals surface area contributed by atoms with Crippen molar-refractivity contribution >= 4 is 21.7 Å². The van der Waals surface area contributed by atoms with Crippen LogP contribution in [0.25, 0.3) is 0 Å². The molecule has 0 saturated carbocycles. The molecule has 0 unspecified atom stereocenters. The number of amides is 1. The van der Waals surface area contributed by atoms with E-state index in [0.717, 1.165) is 10.4 Å². The van der Waals surface area contributed by atoms with Crippen molar-refractivity contribution in [2.75, 3.05) is 19.4 Å². The highest BCUT2D eigenvalue weighted by Gasteiger charge is 2.18. The quantitative estimate of drug-likeness (QED) is 0.804. The summed E-state index contributed by atoms with van der Waals surface area (Å²) in [4.78, 5) is 23.7. The lowest BCUT2D eigenvalue weighted by Gasteiger charge is -2.13. The van der Waals surface area contributed by atoms with E-state index in [4.69, 9.17) is 4.52 Å². The summed E-state index contributed by atoms with van der Waals surface area (Å²) in [5.41, 5.74) is -0.391. The van der Waals surface area contributed by atoms with Gasteiger partial charge in [-0.2, -0.15) is 0 Å². The highest BCUT2D eigenvalue weighted by Crippen LogP contribution is 2.11. The Labute approximate surface area is 138 Å². The lowest BCUT2D eigenvalue weighted by molar-refractivity contribution is -0.116. The van der Waals surface area contributed by atoms with Gasteiger partial charge in [0.1, 0.15) is 5.76 Å². The van der Waals surface area contributed by atoms with Crippen molar-refractivity contribution in [2.45, 2.75) is 24.8 Å². The zero-order chi connectivity index (χ0) is 17.9. The Balaban J connectivity index is 2.09. The zero-order valence-corrected chi connectivity index (χ0v) is 14.3. The van der Waals surface area contributed by atoms with Crippen molar-refractivity contribution in [3.05, 3.63) is 40.5 Å². The first-order chi connectivity index (χ1) is 11.2. The van der Waals surface area contributed by atoms with Crippen LogP contribution in [0.4, 0.5) is 5.82 Å². The first-order valence-electron chi connectivity index (χ1n) is 7.06. The molecule has 130 valence electrons. The number of nitrogens with one attached hydrogen (secondary N) is 1. The summed E-state index contributed by atoms with van der Waals surface area (Å²) in [5, 5.41) is 6.16. The number of sulfonamides is 1. The van der Waals surface area contributed by atoms with Gasteiger partial charge in [-0.15, -0.1) is 0 Å². The fourth-order valence-electron chi connectivity index (χ4n) is 1.90. The van der Waals surface area contributed by atoms with Crippen molar-refractivity contribution in [1.29, 1.82) is 0 Å². The second-order valence-electron chi connectivity index (χ2n) is 5.30. The summed E-state index contributed by atoms with van der Waals surface area (Å²) >= 11 is 0. The third-order valence-electron chi connectivity index (χ3n) is 3.21. The maximum Gasteiger partial charge on any atom is 0.250 e. The molecule has 0 aliphatic rings. The molecule has 0 atom stereocenters. The minimum absolute atomic E-state index is 0.0142. The predicted molar refractivity (Wildman–Crippen MR) is 86.1 cm³/mol. The highest BCUT2D eigenvalue weighted by molar-refractivity contribution is 7.89. The molecule has 10 heteroatoms. The van der Waals surface area contributed by atoms with Gasteiger partial charge in [-0.25, -0.2) is 12.7 Å². The molecule has 2 aromatic heterocycles. The van der Waals surface area contributed by atoms with Gasteiger partial charge in [-0.1, -0.05) is 5.16 Å². The second kappa shape index (κ2) is 6.97. The van der Waals surface area contributed by atoms with Crippen LogP contribution in [0.1, 0.15) is 12.2 Å². The van der Waals surface area contributed by atoms with Crippen LogP contribution in [0.2, 0.25) is 0 Å². The molecule has 0 aliphatic heterocycles. The average Bonchev–Trinajstić information content (AvgIpc) is 2.91. The molecule has 1 N–H and O–H groups in total. The van der Waals surface area contributed by atoms with E-state index in [1.54, 1.807) is 13.0 Å². The van der Waals surface area contributed by atoms with E-state index in [-0.39, 0.29) is 29.6 Å². The topological polar surface area (TPSA) is 115 Å². The normalized spacial score (nSPS) is 11.7. The molecular weight excluding hydrogens is 336 g/mol. The molecule has 2 rings (SSSR count). The number of hydrogen-bond acceptors (Lipinski definition) is 6. The first-order valence-corrected chi connectivity index (χ1v) is 8.50. The summed E-state index contributed by atoms with van der Waals surface area (Å²) in [5.74, 6) is 0.480. The minimum atomic E-state index is -3.65. The fourth-order valence-corrected chi connectivity index (χ4v) is 2.82. The van der Waals surface area contributed by atoms with E-state index >= 15 is 0 Å². The molecule has 0 radical (unpaired) electrons. The van der Waals surface area contributed by atoms with Gasteiger partial charge in [-0.05, 0) is 13.0 Å². The monoisotopic (exact) mass is 354 g/mol. The molecule has 2 heterocycles. The molecule has 0 spiro atoms. The molecule has 0 bridgehead atoms. The number of anilines is 1. The number of hydrogen-bond donors (Lipinski definition) is 1. The molecule has 0 saturated heterocycles. The SMILES string of the molecule is Cc1cc(NC(=O)CCn2cc(S(=O)(=O)N(C)C)ccc2=O)no1. The number of nitrogens with zero attached hydrogens (tertiary/aromatic N) is 3. The largest absolute Gasteiger partial charge is 0.360 e. The van der Waals surface area contributed by atoms with Gasteiger partial charge in [0.25, 0.3) is 5.56 Å². The molecular formula is C14H18N4O5S. The maximum absolute atomic E-state index is 12.1. The van der Waals surface area contributed by atoms with E-state index in [0.29, 0.717) is 5.76 Å². The second-order valence-corrected chi connectivity index (χ2v) is 7.46. The Hall–Kier alpha value is -2.46. The number of aryl methyl sites for hydroxylation is 2. The smallest absolute Gasteiger partial charge is 0.250 e. The van der Waals surface area contributed by atoms with Crippen LogP contribution in [-0.4, -0.2) is 42.4 Å². The number of aromatic nitrogens is 2. The molecule has 9 nitrogen and oxygen atoms in total. The van der Waals surface area contributed by atoms with Gasteiger partial charge in [0.2, 0.25) is 15.9 Å². The van der Waals surface area contributed by atoms with Crippen LogP contribution in [0, 0.1) is 6.92 Å². The molecule has 0 aromatic carbocycles. The van der Waals surface area contributed by atoms with Crippen LogP contribution in [0.5, 0.6) is 0 Å². The molecule has 0 fully saturated rings. The molecule has 1 amide bonds. The van der Waals surface area contributed by atoms with Gasteiger partial charge < -0.3 is 14.4 Å². The number of carbonyl (C=O) groups excluding carboxylic acids is 1. The van der Waals surface area contributed by atoms with Crippen molar-refractivity contribution in [3.8, 4) is 0 Å². The standard InChI is InChI=1S/C14H18N4O5S/c1-10-8-12(16-23-10)15-13(19)6-7-18-9-11(4-5-14(18)20)24(21,22)17(2)3/h4-5,8-9H,6-7H2,1-3H3,(H,15,16,19). The fraction of sp³-hybridized carbons (Fsp3) is 0.357. The van der Waals surface area contributed by atoms with Crippen LogP contribution in [0.3, 0.4) is 0 Å². The van der Waals surface area contributed by atoms with Crippen LogP contribution in [0.15, 0.2) is 38.6 Å². The van der Waals surface area contributed by atoms with Crippen molar-refractivity contribution in [3.63, 3.8) is 0 Å². The van der Waals surface area contributed by atoms with Crippen molar-refractivity contribution < 1.29 is 17.7 Å². The van der Waals surface area contributed by atoms with Crippen LogP contribution < -0.4 is 10.9 Å². The highest BCUT2D eigenvalue weighted by atomic mass is 32.2. The van der Waals surface area contributed by atoms with E-state index in [9.17, 15) is 18.0 Å². The van der Waals surface area contributed by atoms with E-state index < -0.39 is 15.6 Å². The summed E-state index contributed by atoms with van der Waals surface area (Å²) in [6.07, 6.45) is 1.21. The van der Waals surface area contributed by atoms with E-state index in [1.165, 1.54) is 30.9 Å². The zero-order valence-electron chi connectivity index (χ0n) is 13.5. The Bertz CT molecular complexity index is 898. The predicted octanol–water partition coefficient (Wildman–Crippen LogP) is 0.424. The minimum Gasteiger partial charge on any atom is -0.360 e. The van der Waals surface area contributed by atoms with E-state index in [2.05, 4.69) is 10.5 Å². The van der Waals surface area contributed by atoms with Gasteiger partial charge >= 0.3 is 0 Å². The van der Waals surface area contributed by atoms with E-state index in [1.807, 2.05) is 0 Å². The molecule has 2 aromatic rings. The lowest BCUT2D eigenvalue weighted by Crippen LogP contribution is -2.27. The Morgan fingerprint density at radius 2 is 2.08 bits per heavy atom. The Morgan fingerprint density at radius 3 is 2.67 bits per heavy atom. The number of rotatable bonds is 6. The lowest BCUT2D eigenvalue weighted by atomic mass is 10.3. The van der Waals surface area contributed by atoms with Crippen molar-refractivity contribution in [2.24, 2.45) is 0 Å². The van der Waals surface area contributed by atoms with Crippen LogP contribution in [-0.2, 0) is 21.4 Å².